The predicted octanol–water partition coefficient (Wildman–Crippen LogP) is 6.70. The maximum Gasteiger partial charge on any atom is -0.00515 e. The lowest BCUT2D eigenvalue weighted by Crippen LogP contribution is -2.10. The van der Waals surface area contributed by atoms with Gasteiger partial charge in [-0.3, -0.25) is 0 Å². The highest BCUT2D eigenvalue weighted by molar-refractivity contribution is 4.54. The summed E-state index contributed by atoms with van der Waals surface area (Å²) in [7, 11) is 0. The average Bonchev–Trinajstić information content (AvgIpc) is 2.50. The molecule has 0 spiro atoms. The van der Waals surface area contributed by atoms with Crippen LogP contribution in [0.3, 0.4) is 0 Å². The molecule has 0 aliphatic heterocycles. The smallest absolute Gasteiger partial charge is 0.00515 e. The van der Waals surface area contributed by atoms with Crippen molar-refractivity contribution in [1.29, 1.82) is 0 Å². The summed E-state index contributed by atoms with van der Waals surface area (Å²) in [6.45, 7) is 9.41. The van der Waals surface area contributed by atoms with E-state index in [0.717, 1.165) is 12.5 Å². The molecule has 0 amide bonds. The maximum atomic E-state index is 5.61. The van der Waals surface area contributed by atoms with Crippen LogP contribution in [0.1, 0.15) is 111 Å². The summed E-state index contributed by atoms with van der Waals surface area (Å²) in [6.07, 6.45) is 18.6. The van der Waals surface area contributed by atoms with Crippen LogP contribution in [0.25, 0.3) is 0 Å². The minimum Gasteiger partial charge on any atom is -0.330 e. The Morgan fingerprint density at radius 3 is 1.35 bits per heavy atom. The van der Waals surface area contributed by atoms with Gasteiger partial charge in [0.2, 0.25) is 0 Å². The number of hydrogen-bond acceptors (Lipinski definition) is 1. The lowest BCUT2D eigenvalue weighted by atomic mass is 10.0. The molecule has 20 heavy (non-hydrogen) atoms. The van der Waals surface area contributed by atoms with Crippen molar-refractivity contribution in [1.82, 2.24) is 0 Å². The van der Waals surface area contributed by atoms with E-state index in [1.54, 1.807) is 0 Å². The molecule has 0 heterocycles. The average molecular weight is 286 g/mol. The highest BCUT2D eigenvalue weighted by atomic mass is 14.5. The van der Waals surface area contributed by atoms with Crippen LogP contribution in [-0.2, 0) is 0 Å². The second kappa shape index (κ2) is 21.3. The summed E-state index contributed by atoms with van der Waals surface area (Å²) in [6, 6.07) is 0. The molecule has 0 saturated heterocycles. The molecule has 0 saturated carbocycles. The summed E-state index contributed by atoms with van der Waals surface area (Å²) < 4.78 is 0. The molecule has 1 heteroatoms. The van der Waals surface area contributed by atoms with Crippen molar-refractivity contribution in [2.24, 2.45) is 11.7 Å². The second-order valence-electron chi connectivity index (χ2n) is 6.02. The standard InChI is InChI=1S/C17H37N.C2H6/c1-3-4-5-6-7-8-9-10-11-12-13-14-15-17(2)16-18;1-2/h17H,3-16,18H2,1-2H3;1-2H3. The Balaban J connectivity index is 0. The van der Waals surface area contributed by atoms with E-state index in [2.05, 4.69) is 13.8 Å². The van der Waals surface area contributed by atoms with Gasteiger partial charge >= 0.3 is 0 Å². The van der Waals surface area contributed by atoms with E-state index in [0.29, 0.717) is 0 Å². The van der Waals surface area contributed by atoms with Crippen molar-refractivity contribution in [3.8, 4) is 0 Å². The summed E-state index contributed by atoms with van der Waals surface area (Å²) in [5.74, 6) is 0.730. The van der Waals surface area contributed by atoms with Crippen LogP contribution >= 0.6 is 0 Å². The van der Waals surface area contributed by atoms with Gasteiger partial charge in [-0.1, -0.05) is 105 Å². The molecule has 0 aromatic rings. The minimum atomic E-state index is 0.730. The van der Waals surface area contributed by atoms with Crippen molar-refractivity contribution < 1.29 is 0 Å². The Hall–Kier alpha value is -0.0400. The second-order valence-corrected chi connectivity index (χ2v) is 6.02. The molecular weight excluding hydrogens is 242 g/mol. The Morgan fingerprint density at radius 2 is 1.00 bits per heavy atom. The Bertz CT molecular complexity index is 145. The first-order valence-electron chi connectivity index (χ1n) is 9.51. The fraction of sp³-hybridized carbons (Fsp3) is 1.00. The zero-order valence-corrected chi connectivity index (χ0v) is 15.1. The maximum absolute atomic E-state index is 5.61. The van der Waals surface area contributed by atoms with Gasteiger partial charge in [-0.2, -0.15) is 0 Å². The van der Waals surface area contributed by atoms with Gasteiger partial charge in [-0.25, -0.2) is 0 Å². The number of rotatable bonds is 14. The molecule has 1 nitrogen and oxygen atoms in total. The Labute approximate surface area is 130 Å². The number of unbranched alkanes of at least 4 members (excludes halogenated alkanes) is 11. The van der Waals surface area contributed by atoms with Crippen molar-refractivity contribution in [2.45, 2.75) is 111 Å². The van der Waals surface area contributed by atoms with Gasteiger partial charge in [0, 0.05) is 0 Å². The monoisotopic (exact) mass is 285 g/mol. The Kier molecular flexibility index (Phi) is 23.6. The van der Waals surface area contributed by atoms with Gasteiger partial charge in [-0.15, -0.1) is 0 Å². The first kappa shape index (κ1) is 22.2. The molecule has 0 fully saturated rings. The first-order valence-corrected chi connectivity index (χ1v) is 9.51. The highest BCUT2D eigenvalue weighted by Gasteiger charge is 1.98. The molecule has 0 radical (unpaired) electrons. The molecule has 0 aromatic carbocycles. The van der Waals surface area contributed by atoms with Gasteiger partial charge in [0.05, 0.1) is 0 Å². The third kappa shape index (κ3) is 20.3. The van der Waals surface area contributed by atoms with Crippen molar-refractivity contribution in [3.05, 3.63) is 0 Å². The van der Waals surface area contributed by atoms with Crippen molar-refractivity contribution in [2.75, 3.05) is 6.54 Å². The minimum absolute atomic E-state index is 0.730. The summed E-state index contributed by atoms with van der Waals surface area (Å²) in [5.41, 5.74) is 5.61. The third-order valence-corrected chi connectivity index (χ3v) is 3.95. The number of nitrogens with two attached hydrogens (primary N) is 1. The molecule has 0 aromatic heterocycles. The fourth-order valence-corrected chi connectivity index (χ4v) is 2.45. The van der Waals surface area contributed by atoms with E-state index in [-0.39, 0.29) is 0 Å². The predicted molar refractivity (Wildman–Crippen MR) is 95.3 cm³/mol. The quantitative estimate of drug-likeness (QED) is 0.353. The topological polar surface area (TPSA) is 26.0 Å². The van der Waals surface area contributed by atoms with Crippen molar-refractivity contribution in [3.63, 3.8) is 0 Å². The van der Waals surface area contributed by atoms with Crippen LogP contribution in [-0.4, -0.2) is 6.54 Å². The van der Waals surface area contributed by atoms with Crippen LogP contribution in [0, 0.1) is 5.92 Å². The molecule has 0 aliphatic rings. The molecule has 2 N–H and O–H groups in total. The van der Waals surface area contributed by atoms with E-state index in [1.807, 2.05) is 13.8 Å². The summed E-state index contributed by atoms with van der Waals surface area (Å²) in [5, 5.41) is 0. The van der Waals surface area contributed by atoms with Crippen LogP contribution in [0.4, 0.5) is 0 Å². The van der Waals surface area contributed by atoms with Gasteiger partial charge in [0.25, 0.3) is 0 Å². The molecular formula is C19H43N. The molecule has 1 atom stereocenters. The Morgan fingerprint density at radius 1 is 0.650 bits per heavy atom. The first-order chi connectivity index (χ1) is 9.81. The van der Waals surface area contributed by atoms with E-state index < -0.39 is 0 Å². The lowest BCUT2D eigenvalue weighted by Gasteiger charge is -2.07. The normalized spacial score (nSPS) is 11.8. The third-order valence-electron chi connectivity index (χ3n) is 3.95. The van der Waals surface area contributed by atoms with Gasteiger partial charge < -0.3 is 5.73 Å². The van der Waals surface area contributed by atoms with Crippen LogP contribution < -0.4 is 5.73 Å². The van der Waals surface area contributed by atoms with Gasteiger partial charge in [-0.05, 0) is 18.9 Å². The zero-order valence-electron chi connectivity index (χ0n) is 15.1. The molecule has 1 unspecified atom stereocenters. The SMILES string of the molecule is CC.CCCCCCCCCCCCCCC(C)CN. The highest BCUT2D eigenvalue weighted by Crippen LogP contribution is 2.13. The molecule has 0 bridgehead atoms. The zero-order chi connectivity index (χ0) is 15.5. The van der Waals surface area contributed by atoms with E-state index in [9.17, 15) is 0 Å². The molecule has 0 aliphatic carbocycles. The largest absolute Gasteiger partial charge is 0.330 e. The van der Waals surface area contributed by atoms with E-state index in [4.69, 9.17) is 5.73 Å². The molecule has 0 rings (SSSR count). The van der Waals surface area contributed by atoms with Crippen LogP contribution in [0.2, 0.25) is 0 Å². The van der Waals surface area contributed by atoms with Crippen LogP contribution in [0.5, 0.6) is 0 Å². The summed E-state index contributed by atoms with van der Waals surface area (Å²) in [4.78, 5) is 0. The van der Waals surface area contributed by atoms with Gasteiger partial charge in [0.1, 0.15) is 0 Å². The van der Waals surface area contributed by atoms with Crippen LogP contribution in [0.15, 0.2) is 0 Å². The number of hydrogen-bond donors (Lipinski definition) is 1. The lowest BCUT2D eigenvalue weighted by molar-refractivity contribution is 0.485. The van der Waals surface area contributed by atoms with Crippen molar-refractivity contribution >= 4 is 0 Å². The fourth-order valence-electron chi connectivity index (χ4n) is 2.45. The van der Waals surface area contributed by atoms with Gasteiger partial charge in [0.15, 0.2) is 0 Å². The molecule has 124 valence electrons. The van der Waals surface area contributed by atoms with E-state index >= 15 is 0 Å². The van der Waals surface area contributed by atoms with E-state index in [1.165, 1.54) is 83.5 Å². The summed E-state index contributed by atoms with van der Waals surface area (Å²) >= 11 is 0.